The van der Waals surface area contributed by atoms with E-state index in [1.165, 1.54) is 11.1 Å². The molecule has 0 N–H and O–H groups in total. The molecule has 118 valence electrons. The second-order valence-electron chi connectivity index (χ2n) is 6.78. The van der Waals surface area contributed by atoms with E-state index < -0.39 is 0 Å². The molecule has 1 unspecified atom stereocenters. The van der Waals surface area contributed by atoms with E-state index >= 15 is 0 Å². The van der Waals surface area contributed by atoms with Gasteiger partial charge in [-0.3, -0.25) is 14.8 Å². The maximum Gasteiger partial charge on any atom is 0.306 e. The Hall–Kier alpha value is -2.23. The summed E-state index contributed by atoms with van der Waals surface area (Å²) in [5.74, 6) is 0.217. The van der Waals surface area contributed by atoms with Gasteiger partial charge in [-0.1, -0.05) is 19.1 Å². The first-order valence-corrected chi connectivity index (χ1v) is 8.19. The molecule has 2 bridgehead atoms. The minimum atomic E-state index is -0.150. The molecule has 0 aromatic carbocycles. The average Bonchev–Trinajstić information content (AvgIpc) is 2.55. The second-order valence-corrected chi connectivity index (χ2v) is 6.78. The van der Waals surface area contributed by atoms with Gasteiger partial charge in [-0.15, -0.1) is 0 Å². The maximum atomic E-state index is 12.2. The topological polar surface area (TPSA) is 52.1 Å². The molecule has 2 heterocycles. The van der Waals surface area contributed by atoms with Gasteiger partial charge in [0.2, 0.25) is 0 Å². The molecule has 0 saturated carbocycles. The van der Waals surface area contributed by atoms with Crippen molar-refractivity contribution in [2.24, 2.45) is 5.41 Å². The van der Waals surface area contributed by atoms with Crippen molar-refractivity contribution in [1.29, 1.82) is 0 Å². The molecular weight excluding hydrogens is 288 g/mol. The molecule has 3 aliphatic carbocycles. The highest BCUT2D eigenvalue weighted by atomic mass is 16.5. The third-order valence-electron chi connectivity index (χ3n) is 5.25. The quantitative estimate of drug-likeness (QED) is 0.815. The molecule has 0 fully saturated rings. The van der Waals surface area contributed by atoms with Crippen LogP contribution in [0.1, 0.15) is 61.0 Å². The molecule has 1 atom stereocenters. The van der Waals surface area contributed by atoms with E-state index in [0.29, 0.717) is 13.0 Å². The number of esters is 1. The number of nitrogens with zero attached hydrogens (tertiary/aromatic N) is 2. The fraction of sp³-hybridized carbons (Fsp3) is 0.421. The SMILES string of the molecule is CCOC(=O)CC1(C)CC2c3ncccc3C1c1cccnc12. The van der Waals surface area contributed by atoms with Crippen LogP contribution in [0.15, 0.2) is 36.7 Å². The zero-order valence-electron chi connectivity index (χ0n) is 13.5. The Labute approximate surface area is 135 Å². The van der Waals surface area contributed by atoms with Crippen LogP contribution in [0.3, 0.4) is 0 Å². The third-order valence-corrected chi connectivity index (χ3v) is 5.25. The third kappa shape index (κ3) is 2.08. The molecule has 2 aromatic rings. The summed E-state index contributed by atoms with van der Waals surface area (Å²) in [6, 6.07) is 8.28. The molecule has 0 amide bonds. The van der Waals surface area contributed by atoms with Crippen molar-refractivity contribution < 1.29 is 9.53 Å². The van der Waals surface area contributed by atoms with Gasteiger partial charge in [-0.05, 0) is 42.0 Å². The summed E-state index contributed by atoms with van der Waals surface area (Å²) in [6.07, 6.45) is 5.03. The number of pyridine rings is 2. The van der Waals surface area contributed by atoms with E-state index in [-0.39, 0.29) is 23.2 Å². The molecule has 23 heavy (non-hydrogen) atoms. The van der Waals surface area contributed by atoms with Crippen molar-refractivity contribution in [1.82, 2.24) is 9.97 Å². The Bertz CT molecular complexity index is 726. The van der Waals surface area contributed by atoms with Crippen LogP contribution in [-0.2, 0) is 9.53 Å². The van der Waals surface area contributed by atoms with Crippen molar-refractivity contribution in [3.63, 3.8) is 0 Å². The normalized spacial score (nSPS) is 27.2. The summed E-state index contributed by atoms with van der Waals surface area (Å²) in [6.45, 7) is 4.48. The fourth-order valence-electron chi connectivity index (χ4n) is 4.47. The number of rotatable bonds is 3. The van der Waals surface area contributed by atoms with Gasteiger partial charge in [0.15, 0.2) is 0 Å². The zero-order valence-corrected chi connectivity index (χ0v) is 13.5. The molecule has 5 rings (SSSR count). The fourth-order valence-corrected chi connectivity index (χ4v) is 4.47. The lowest BCUT2D eigenvalue weighted by Gasteiger charge is -2.50. The monoisotopic (exact) mass is 308 g/mol. The van der Waals surface area contributed by atoms with Crippen LogP contribution in [-0.4, -0.2) is 22.5 Å². The van der Waals surface area contributed by atoms with Crippen LogP contribution in [0.25, 0.3) is 0 Å². The van der Waals surface area contributed by atoms with Crippen LogP contribution in [0, 0.1) is 5.41 Å². The predicted molar refractivity (Wildman–Crippen MR) is 86.1 cm³/mol. The highest BCUT2D eigenvalue weighted by Gasteiger charge is 2.52. The lowest BCUT2D eigenvalue weighted by atomic mass is 9.54. The van der Waals surface area contributed by atoms with Crippen molar-refractivity contribution in [3.05, 3.63) is 59.2 Å². The van der Waals surface area contributed by atoms with E-state index in [1.54, 1.807) is 0 Å². The number of aromatic nitrogens is 2. The molecule has 3 aliphatic rings. The lowest BCUT2D eigenvalue weighted by Crippen LogP contribution is -2.42. The minimum Gasteiger partial charge on any atom is -0.466 e. The highest BCUT2D eigenvalue weighted by molar-refractivity contribution is 5.71. The number of carbonyl (C=O) groups is 1. The van der Waals surface area contributed by atoms with E-state index in [9.17, 15) is 4.79 Å². The van der Waals surface area contributed by atoms with Crippen molar-refractivity contribution in [3.8, 4) is 0 Å². The highest BCUT2D eigenvalue weighted by Crippen LogP contribution is 2.61. The van der Waals surface area contributed by atoms with Gasteiger partial charge in [-0.2, -0.15) is 0 Å². The lowest BCUT2D eigenvalue weighted by molar-refractivity contribution is -0.146. The first-order valence-electron chi connectivity index (χ1n) is 8.19. The molecular formula is C19H20N2O2. The van der Waals surface area contributed by atoms with Gasteiger partial charge in [0.1, 0.15) is 0 Å². The summed E-state index contributed by atoms with van der Waals surface area (Å²) in [5, 5.41) is 0. The van der Waals surface area contributed by atoms with Gasteiger partial charge >= 0.3 is 5.97 Å². The maximum absolute atomic E-state index is 12.2. The number of ether oxygens (including phenoxy) is 1. The van der Waals surface area contributed by atoms with Gasteiger partial charge < -0.3 is 4.74 Å². The van der Waals surface area contributed by atoms with E-state index in [4.69, 9.17) is 4.74 Å². The standard InChI is InChI=1S/C19H20N2O2/c1-3-23-15(22)11-19(2)10-14-17-12(6-4-8-20-17)16(19)13-7-5-9-21-18(13)14/h4-9,14,16H,3,10-11H2,1-2H3. The van der Waals surface area contributed by atoms with Gasteiger partial charge in [0.05, 0.1) is 24.4 Å². The largest absolute Gasteiger partial charge is 0.466 e. The molecule has 0 spiro atoms. The van der Waals surface area contributed by atoms with Crippen LogP contribution in [0.4, 0.5) is 0 Å². The zero-order chi connectivity index (χ0) is 16.0. The van der Waals surface area contributed by atoms with Crippen molar-refractivity contribution in [2.75, 3.05) is 6.61 Å². The molecule has 0 saturated heterocycles. The van der Waals surface area contributed by atoms with Gasteiger partial charge in [0, 0.05) is 24.2 Å². The molecule has 0 radical (unpaired) electrons. The van der Waals surface area contributed by atoms with E-state index in [2.05, 4.69) is 29.0 Å². The first-order chi connectivity index (χ1) is 11.1. The van der Waals surface area contributed by atoms with Gasteiger partial charge in [0.25, 0.3) is 0 Å². The molecule has 4 nitrogen and oxygen atoms in total. The van der Waals surface area contributed by atoms with Gasteiger partial charge in [-0.25, -0.2) is 0 Å². The first kappa shape index (κ1) is 14.4. The summed E-state index contributed by atoms with van der Waals surface area (Å²) >= 11 is 0. The number of hydrogen-bond donors (Lipinski definition) is 0. The number of hydrogen-bond acceptors (Lipinski definition) is 4. The summed E-state index contributed by atoms with van der Waals surface area (Å²) in [7, 11) is 0. The summed E-state index contributed by atoms with van der Waals surface area (Å²) in [4.78, 5) is 21.4. The van der Waals surface area contributed by atoms with E-state index in [1.807, 2.05) is 31.5 Å². The molecule has 0 aliphatic heterocycles. The van der Waals surface area contributed by atoms with Crippen LogP contribution >= 0.6 is 0 Å². The van der Waals surface area contributed by atoms with Crippen LogP contribution in [0.5, 0.6) is 0 Å². The van der Waals surface area contributed by atoms with Crippen LogP contribution < -0.4 is 0 Å². The average molecular weight is 308 g/mol. The number of fused-ring (bicyclic) bond motifs is 1. The van der Waals surface area contributed by atoms with Crippen molar-refractivity contribution >= 4 is 5.97 Å². The van der Waals surface area contributed by atoms with E-state index in [0.717, 1.165) is 17.8 Å². The smallest absolute Gasteiger partial charge is 0.306 e. The second kappa shape index (κ2) is 5.15. The minimum absolute atomic E-state index is 0.113. The Morgan fingerprint density at radius 3 is 2.39 bits per heavy atom. The van der Waals surface area contributed by atoms with Crippen molar-refractivity contribution in [2.45, 2.75) is 38.5 Å². The Balaban J connectivity index is 1.84. The number of carbonyl (C=O) groups excluding carboxylic acids is 1. The molecule has 4 heteroatoms. The summed E-state index contributed by atoms with van der Waals surface area (Å²) in [5.41, 5.74) is 4.60. The Morgan fingerprint density at radius 1 is 1.22 bits per heavy atom. The summed E-state index contributed by atoms with van der Waals surface area (Å²) < 4.78 is 5.22. The molecule has 2 aromatic heterocycles. The van der Waals surface area contributed by atoms with Crippen LogP contribution in [0.2, 0.25) is 0 Å². The Morgan fingerprint density at radius 2 is 1.83 bits per heavy atom. The Kier molecular flexibility index (Phi) is 3.22. The predicted octanol–water partition coefficient (Wildman–Crippen LogP) is 3.42.